The van der Waals surface area contributed by atoms with Crippen molar-refractivity contribution in [2.75, 3.05) is 0 Å². The zero-order chi connectivity index (χ0) is 10.1. The summed E-state index contributed by atoms with van der Waals surface area (Å²) in [5.74, 6) is 0. The van der Waals surface area contributed by atoms with Crippen molar-refractivity contribution in [1.82, 2.24) is 0 Å². The molecule has 1 atom stereocenters. The van der Waals surface area contributed by atoms with Crippen LogP contribution in [0.4, 0.5) is 0 Å². The summed E-state index contributed by atoms with van der Waals surface area (Å²) in [4.78, 5) is -0.356. The third-order valence-electron chi connectivity index (χ3n) is 1.45. The van der Waals surface area contributed by atoms with Crippen LogP contribution >= 0.6 is 0 Å². The minimum absolute atomic E-state index is 0. The molecule has 0 aromatic carbocycles. The summed E-state index contributed by atoms with van der Waals surface area (Å²) in [6.45, 7) is 0. The maximum absolute atomic E-state index is 10.7. The van der Waals surface area contributed by atoms with E-state index in [1.54, 1.807) is 0 Å². The summed E-state index contributed by atoms with van der Waals surface area (Å²) < 4.78 is 51.0. The van der Waals surface area contributed by atoms with E-state index in [4.69, 9.17) is 4.55 Å². The van der Waals surface area contributed by atoms with Gasteiger partial charge in [0, 0.05) is 51.4 Å². The third kappa shape index (κ3) is 3.70. The predicted molar refractivity (Wildman–Crippen MR) is 53.3 cm³/mol. The molecule has 0 aromatic rings. The monoisotopic (exact) mass is 261 g/mol. The Hall–Kier alpha value is 0.716. The van der Waals surface area contributed by atoms with Crippen LogP contribution in [0.1, 0.15) is 0 Å². The Morgan fingerprint density at radius 1 is 1.29 bits per heavy atom. The number of rotatable bonds is 1. The largest absolute Gasteiger partial charge is 0.285 e. The quantitative estimate of drug-likeness (QED) is 0.373. The Kier molecular flexibility index (Phi) is 6.00. The Labute approximate surface area is 126 Å². The van der Waals surface area contributed by atoms with Crippen LogP contribution in [0, 0.1) is 0 Å². The van der Waals surface area contributed by atoms with Gasteiger partial charge in [0.25, 0.3) is 10.1 Å². The van der Waals surface area contributed by atoms with Gasteiger partial charge in [-0.1, -0.05) is 18.2 Å². The molecular weight excluding hydrogens is 255 g/mol. The Morgan fingerprint density at radius 3 is 2.21 bits per heavy atom. The second-order valence-electron chi connectivity index (χ2n) is 2.32. The molecule has 0 aliphatic heterocycles. The van der Waals surface area contributed by atoms with E-state index in [1.165, 1.54) is 12.2 Å². The molecule has 1 aliphatic carbocycles. The normalized spacial score (nSPS) is 20.4. The van der Waals surface area contributed by atoms with Crippen LogP contribution in [0.3, 0.4) is 0 Å². The fraction of sp³-hybridized carbons (Fsp3) is 0.167. The average molecular weight is 261 g/mol. The van der Waals surface area contributed by atoms with Crippen LogP contribution in [-0.2, 0) is 20.4 Å². The van der Waals surface area contributed by atoms with E-state index in [9.17, 15) is 16.8 Å². The molecule has 0 fully saturated rings. The first-order valence-corrected chi connectivity index (χ1v) is 5.78. The molecule has 8 heteroatoms. The third-order valence-corrected chi connectivity index (χ3v) is 3.43. The smallest absolute Gasteiger partial charge is 0.276 e. The number of hydrogen-bond donors (Lipinski definition) is 1. The van der Waals surface area contributed by atoms with Gasteiger partial charge in [-0.05, 0) is 6.08 Å². The molecule has 5 nitrogen and oxygen atoms in total. The molecular formula is C6H6KO5S2. The van der Waals surface area contributed by atoms with Crippen molar-refractivity contribution in [2.24, 2.45) is 0 Å². The summed E-state index contributed by atoms with van der Waals surface area (Å²) in [6.07, 6.45) is 4.96. The van der Waals surface area contributed by atoms with Crippen molar-refractivity contribution in [3.05, 3.63) is 24.3 Å². The summed E-state index contributed by atoms with van der Waals surface area (Å²) in [5.41, 5.74) is 0. The Bertz CT molecular complexity index is 488. The van der Waals surface area contributed by atoms with Crippen molar-refractivity contribution < 1.29 is 21.4 Å². The van der Waals surface area contributed by atoms with Gasteiger partial charge in [0.05, 0.1) is 4.86 Å². The van der Waals surface area contributed by atoms with Gasteiger partial charge in [-0.3, -0.25) is 4.55 Å². The Balaban J connectivity index is 0.00000169. The molecule has 1 aliphatic rings. The van der Waals surface area contributed by atoms with Gasteiger partial charge < -0.3 is 0 Å². The SMILES string of the molecule is O=S(=O)=C1C=CC=CC1S(=O)(=O)O.[K]. The summed E-state index contributed by atoms with van der Waals surface area (Å²) in [7, 11) is -7.03. The van der Waals surface area contributed by atoms with Crippen LogP contribution < -0.4 is 0 Å². The molecule has 0 aromatic heterocycles. The first kappa shape index (κ1) is 14.7. The van der Waals surface area contributed by atoms with Gasteiger partial charge in [-0.2, -0.15) is 16.8 Å². The molecule has 0 spiro atoms. The van der Waals surface area contributed by atoms with E-state index in [1.807, 2.05) is 0 Å². The molecule has 73 valence electrons. The molecule has 0 bridgehead atoms. The zero-order valence-corrected chi connectivity index (χ0v) is 12.0. The topological polar surface area (TPSA) is 88.5 Å². The summed E-state index contributed by atoms with van der Waals surface area (Å²) in [5, 5.41) is -1.48. The average Bonchev–Trinajstić information content (AvgIpc) is 2.03. The van der Waals surface area contributed by atoms with Gasteiger partial charge in [0.15, 0.2) is 0 Å². The molecule has 1 radical (unpaired) electrons. The van der Waals surface area contributed by atoms with Gasteiger partial charge in [-0.25, -0.2) is 0 Å². The van der Waals surface area contributed by atoms with E-state index >= 15 is 0 Å². The fourth-order valence-electron chi connectivity index (χ4n) is 0.902. The zero-order valence-electron chi connectivity index (χ0n) is 7.28. The summed E-state index contributed by atoms with van der Waals surface area (Å²) >= 11 is 0. The van der Waals surface area contributed by atoms with E-state index in [0.29, 0.717) is 0 Å². The minimum atomic E-state index is -4.39. The first-order valence-electron chi connectivity index (χ1n) is 3.20. The molecule has 1 rings (SSSR count). The molecule has 1 N–H and O–H groups in total. The van der Waals surface area contributed by atoms with Crippen molar-refractivity contribution in [2.45, 2.75) is 5.25 Å². The van der Waals surface area contributed by atoms with Gasteiger partial charge in [0.2, 0.25) is 10.3 Å². The fourth-order valence-corrected chi connectivity index (χ4v) is 2.62. The van der Waals surface area contributed by atoms with Crippen LogP contribution in [0.2, 0.25) is 0 Å². The van der Waals surface area contributed by atoms with Crippen molar-refractivity contribution in [1.29, 1.82) is 0 Å². The maximum Gasteiger partial charge on any atom is 0.276 e. The predicted octanol–water partition coefficient (Wildman–Crippen LogP) is -0.960. The molecule has 14 heavy (non-hydrogen) atoms. The van der Waals surface area contributed by atoms with Crippen molar-refractivity contribution in [3.63, 3.8) is 0 Å². The second-order valence-corrected chi connectivity index (χ2v) is 4.80. The van der Waals surface area contributed by atoms with Crippen LogP contribution in [0.5, 0.6) is 0 Å². The number of allylic oxidation sites excluding steroid dienone is 3. The molecule has 0 saturated carbocycles. The van der Waals surface area contributed by atoms with Gasteiger partial charge >= 0.3 is 0 Å². The first-order chi connectivity index (χ1) is 5.93. The van der Waals surface area contributed by atoms with Crippen LogP contribution in [0.15, 0.2) is 24.3 Å². The van der Waals surface area contributed by atoms with Gasteiger partial charge in [-0.15, -0.1) is 0 Å². The van der Waals surface area contributed by atoms with Crippen molar-refractivity contribution in [3.8, 4) is 0 Å². The van der Waals surface area contributed by atoms with Crippen LogP contribution in [0.25, 0.3) is 0 Å². The standard InChI is InChI=1S/C6H6O5S2.K/c7-12(8)5-3-1-2-4-6(5)13(9,10)11;/h1-4,6H,(H,9,10,11);. The maximum atomic E-state index is 10.7. The molecule has 0 heterocycles. The van der Waals surface area contributed by atoms with E-state index in [0.717, 1.165) is 12.2 Å². The summed E-state index contributed by atoms with van der Waals surface area (Å²) in [6, 6.07) is 0. The molecule has 0 amide bonds. The van der Waals surface area contributed by atoms with E-state index < -0.39 is 25.7 Å². The van der Waals surface area contributed by atoms with Crippen molar-refractivity contribution >= 4 is 76.7 Å². The van der Waals surface area contributed by atoms with Crippen LogP contribution in [-0.4, -0.2) is 82.9 Å². The number of hydrogen-bond acceptors (Lipinski definition) is 4. The molecule has 0 saturated heterocycles. The Morgan fingerprint density at radius 2 is 1.86 bits per heavy atom. The van der Waals surface area contributed by atoms with E-state index in [2.05, 4.69) is 0 Å². The van der Waals surface area contributed by atoms with E-state index in [-0.39, 0.29) is 56.2 Å². The minimum Gasteiger partial charge on any atom is -0.285 e. The second kappa shape index (κ2) is 5.71. The molecule has 1 unspecified atom stereocenters. The van der Waals surface area contributed by atoms with Gasteiger partial charge in [0.1, 0.15) is 5.25 Å².